The van der Waals surface area contributed by atoms with Gasteiger partial charge in [-0.3, -0.25) is 0 Å². The van der Waals surface area contributed by atoms with E-state index in [0.29, 0.717) is 32.6 Å². The molecule has 0 spiro atoms. The lowest BCUT2D eigenvalue weighted by atomic mass is 10.2. The molecule has 1 fully saturated rings. The Morgan fingerprint density at radius 3 is 2.43 bits per heavy atom. The summed E-state index contributed by atoms with van der Waals surface area (Å²) in [5, 5.41) is 12.9. The number of sulfonamides is 1. The van der Waals surface area contributed by atoms with Crippen LogP contribution in [0.1, 0.15) is 18.3 Å². The average Bonchev–Trinajstić information content (AvgIpc) is 3.15. The lowest BCUT2D eigenvalue weighted by Crippen LogP contribution is -2.49. The third-order valence-corrected chi connectivity index (χ3v) is 6.95. The summed E-state index contributed by atoms with van der Waals surface area (Å²) >= 11 is 0. The van der Waals surface area contributed by atoms with Gasteiger partial charge in [-0.2, -0.15) is 8.82 Å². The second-order valence-corrected chi connectivity index (χ2v) is 8.96. The Bertz CT molecular complexity index is 1040. The van der Waals surface area contributed by atoms with Crippen LogP contribution < -0.4 is 4.90 Å². The first kappa shape index (κ1) is 18.8. The summed E-state index contributed by atoms with van der Waals surface area (Å²) in [6.45, 7) is 4.20. The smallest absolute Gasteiger partial charge is 0.214 e. The van der Waals surface area contributed by atoms with E-state index >= 15 is 0 Å². The van der Waals surface area contributed by atoms with Gasteiger partial charge < -0.3 is 4.90 Å². The molecule has 0 unspecified atom stereocenters. The van der Waals surface area contributed by atoms with Gasteiger partial charge in [-0.05, 0) is 24.1 Å². The van der Waals surface area contributed by atoms with Gasteiger partial charge in [0.25, 0.3) is 0 Å². The molecule has 3 aromatic rings. The fourth-order valence-corrected chi connectivity index (χ4v) is 4.90. The summed E-state index contributed by atoms with van der Waals surface area (Å²) < 4.78 is 28.8. The molecule has 8 nitrogen and oxygen atoms in total. The normalized spacial score (nSPS) is 16.0. The molecule has 9 heteroatoms. The molecule has 3 heterocycles. The number of rotatable bonds is 6. The maximum absolute atomic E-state index is 12.7. The largest absolute Gasteiger partial charge is 0.353 e. The van der Waals surface area contributed by atoms with Crippen molar-refractivity contribution in [1.29, 1.82) is 0 Å². The highest BCUT2D eigenvalue weighted by atomic mass is 32.2. The summed E-state index contributed by atoms with van der Waals surface area (Å²) in [4.78, 5) is 2.11. The van der Waals surface area contributed by atoms with E-state index < -0.39 is 10.0 Å². The van der Waals surface area contributed by atoms with E-state index in [2.05, 4.69) is 20.2 Å². The first-order valence-electron chi connectivity index (χ1n) is 9.55. The summed E-state index contributed by atoms with van der Waals surface area (Å²) in [6.07, 6.45) is 1.29. The van der Waals surface area contributed by atoms with Crippen LogP contribution in [-0.2, 0) is 22.9 Å². The summed E-state index contributed by atoms with van der Waals surface area (Å²) in [6, 6.07) is 13.6. The molecule has 0 bridgehead atoms. The molecule has 0 amide bonds. The predicted octanol–water partition coefficient (Wildman–Crippen LogP) is 1.38. The lowest BCUT2D eigenvalue weighted by molar-refractivity contribution is 0.383. The molecule has 0 atom stereocenters. The van der Waals surface area contributed by atoms with Crippen molar-refractivity contribution in [3.8, 4) is 0 Å². The summed E-state index contributed by atoms with van der Waals surface area (Å²) in [5.74, 6) is 1.78. The van der Waals surface area contributed by atoms with Crippen LogP contribution in [-0.4, -0.2) is 64.5 Å². The molecule has 0 aliphatic carbocycles. The molecule has 1 aliphatic rings. The monoisotopic (exact) mass is 400 g/mol. The fraction of sp³-hybridized carbons (Fsp3) is 0.421. The van der Waals surface area contributed by atoms with Crippen molar-refractivity contribution in [3.63, 3.8) is 0 Å². The zero-order valence-corrected chi connectivity index (χ0v) is 16.7. The number of nitrogens with zero attached hydrogens (tertiary/aromatic N) is 6. The highest BCUT2D eigenvalue weighted by Gasteiger charge is 2.27. The zero-order valence-electron chi connectivity index (χ0n) is 15.9. The zero-order chi connectivity index (χ0) is 19.6. The molecule has 1 aliphatic heterocycles. The molecule has 2 aromatic heterocycles. The van der Waals surface area contributed by atoms with Crippen molar-refractivity contribution in [2.24, 2.45) is 0 Å². The van der Waals surface area contributed by atoms with Gasteiger partial charge in [0.1, 0.15) is 5.82 Å². The minimum atomic E-state index is -3.26. The van der Waals surface area contributed by atoms with Gasteiger partial charge in [0.05, 0.1) is 5.75 Å². The van der Waals surface area contributed by atoms with Crippen molar-refractivity contribution < 1.29 is 8.42 Å². The van der Waals surface area contributed by atoms with Gasteiger partial charge in [0, 0.05) is 32.6 Å². The molecule has 0 saturated carbocycles. The fourth-order valence-electron chi connectivity index (χ4n) is 3.43. The van der Waals surface area contributed by atoms with Crippen molar-refractivity contribution in [2.75, 3.05) is 36.8 Å². The Hall–Kier alpha value is -2.52. The van der Waals surface area contributed by atoms with Crippen LogP contribution >= 0.6 is 0 Å². The molecule has 1 aromatic carbocycles. The van der Waals surface area contributed by atoms with Gasteiger partial charge in [-0.25, -0.2) is 8.42 Å². The highest BCUT2D eigenvalue weighted by Crippen LogP contribution is 2.17. The molecule has 4 rings (SSSR count). The number of piperazine rings is 1. The van der Waals surface area contributed by atoms with Crippen LogP contribution in [0.15, 0.2) is 42.5 Å². The second-order valence-electron chi connectivity index (χ2n) is 6.87. The van der Waals surface area contributed by atoms with E-state index in [1.54, 1.807) is 8.82 Å². The minimum Gasteiger partial charge on any atom is -0.353 e. The predicted molar refractivity (Wildman–Crippen MR) is 108 cm³/mol. The van der Waals surface area contributed by atoms with Crippen molar-refractivity contribution >= 4 is 21.5 Å². The van der Waals surface area contributed by atoms with Crippen molar-refractivity contribution in [2.45, 2.75) is 19.8 Å². The Labute approximate surface area is 164 Å². The van der Waals surface area contributed by atoms with E-state index in [-0.39, 0.29) is 5.75 Å². The van der Waals surface area contributed by atoms with Crippen molar-refractivity contribution in [3.05, 3.63) is 53.9 Å². The van der Waals surface area contributed by atoms with E-state index in [4.69, 9.17) is 0 Å². The number of hydrogen-bond acceptors (Lipinski definition) is 6. The first-order chi connectivity index (χ1) is 13.6. The van der Waals surface area contributed by atoms with Crippen LogP contribution in [0, 0.1) is 0 Å². The minimum absolute atomic E-state index is 0.141. The number of aryl methyl sites for hydroxylation is 2. The molecule has 0 N–H and O–H groups in total. The second kappa shape index (κ2) is 7.84. The maximum atomic E-state index is 12.7. The topological polar surface area (TPSA) is 83.7 Å². The van der Waals surface area contributed by atoms with Crippen LogP contribution in [0.5, 0.6) is 0 Å². The van der Waals surface area contributed by atoms with Crippen LogP contribution in [0.2, 0.25) is 0 Å². The standard InChI is InChI=1S/C19H24N6O2S/c1-2-17-20-21-18-8-9-19(22-25(17)18)23-11-13-24(14-12-23)28(26,27)15-10-16-6-4-3-5-7-16/h3-9H,2,10-15H2,1H3. The van der Waals surface area contributed by atoms with Gasteiger partial charge in [-0.15, -0.1) is 15.3 Å². The molecule has 1 saturated heterocycles. The van der Waals surface area contributed by atoms with E-state index in [0.717, 1.165) is 29.3 Å². The Kier molecular flexibility index (Phi) is 5.27. The molecule has 148 valence electrons. The molecule has 28 heavy (non-hydrogen) atoms. The van der Waals surface area contributed by atoms with Crippen LogP contribution in [0.3, 0.4) is 0 Å². The van der Waals surface area contributed by atoms with E-state index in [1.165, 1.54) is 0 Å². The number of anilines is 1. The van der Waals surface area contributed by atoms with Gasteiger partial charge in [0.15, 0.2) is 11.5 Å². The quantitative estimate of drug-likeness (QED) is 0.622. The molecule has 0 radical (unpaired) electrons. The van der Waals surface area contributed by atoms with E-state index in [1.807, 2.05) is 49.4 Å². The lowest BCUT2D eigenvalue weighted by Gasteiger charge is -2.34. The summed E-state index contributed by atoms with van der Waals surface area (Å²) in [7, 11) is -3.26. The average molecular weight is 401 g/mol. The third-order valence-electron chi connectivity index (χ3n) is 5.08. The van der Waals surface area contributed by atoms with Gasteiger partial charge in [-0.1, -0.05) is 37.3 Å². The van der Waals surface area contributed by atoms with Crippen LogP contribution in [0.25, 0.3) is 5.65 Å². The maximum Gasteiger partial charge on any atom is 0.214 e. The third kappa shape index (κ3) is 3.85. The number of fused-ring (bicyclic) bond motifs is 1. The van der Waals surface area contributed by atoms with Crippen molar-refractivity contribution in [1.82, 2.24) is 24.1 Å². The Balaban J connectivity index is 1.40. The Morgan fingerprint density at radius 2 is 1.71 bits per heavy atom. The highest BCUT2D eigenvalue weighted by molar-refractivity contribution is 7.89. The summed E-state index contributed by atoms with van der Waals surface area (Å²) in [5.41, 5.74) is 1.77. The van der Waals surface area contributed by atoms with E-state index in [9.17, 15) is 8.42 Å². The molecular weight excluding hydrogens is 376 g/mol. The van der Waals surface area contributed by atoms with Crippen LogP contribution in [0.4, 0.5) is 5.82 Å². The molecular formula is C19H24N6O2S. The number of benzene rings is 1. The number of aromatic nitrogens is 4. The first-order valence-corrected chi connectivity index (χ1v) is 11.2. The van der Waals surface area contributed by atoms with Gasteiger partial charge >= 0.3 is 0 Å². The Morgan fingerprint density at radius 1 is 0.964 bits per heavy atom. The SMILES string of the molecule is CCc1nnc2ccc(N3CCN(S(=O)(=O)CCc4ccccc4)CC3)nn12. The number of hydrogen-bond donors (Lipinski definition) is 0. The van der Waals surface area contributed by atoms with Gasteiger partial charge in [0.2, 0.25) is 10.0 Å².